The Kier molecular flexibility index (Phi) is 4.39. The third-order valence-corrected chi connectivity index (χ3v) is 3.55. The number of halogens is 1. The summed E-state index contributed by atoms with van der Waals surface area (Å²) >= 11 is 3.43. The number of aromatic nitrogens is 2. The lowest BCUT2D eigenvalue weighted by atomic mass is 10.2. The SMILES string of the molecule is COc1cccc(-c2nnc(CNc3cccc(Br)c3)o2)c1. The van der Waals surface area contributed by atoms with Gasteiger partial charge in [0.1, 0.15) is 5.75 Å². The van der Waals surface area contributed by atoms with Crippen LogP contribution in [-0.4, -0.2) is 17.3 Å². The zero-order valence-corrected chi connectivity index (χ0v) is 13.5. The molecule has 2 aromatic carbocycles. The smallest absolute Gasteiger partial charge is 0.247 e. The van der Waals surface area contributed by atoms with E-state index in [1.165, 1.54) is 0 Å². The fourth-order valence-electron chi connectivity index (χ4n) is 1.97. The summed E-state index contributed by atoms with van der Waals surface area (Å²) < 4.78 is 11.9. The maximum Gasteiger partial charge on any atom is 0.247 e. The summed E-state index contributed by atoms with van der Waals surface area (Å²) in [7, 11) is 1.63. The van der Waals surface area contributed by atoms with E-state index >= 15 is 0 Å². The Morgan fingerprint density at radius 1 is 1.14 bits per heavy atom. The van der Waals surface area contributed by atoms with Gasteiger partial charge in [0.2, 0.25) is 11.8 Å². The molecule has 0 saturated heterocycles. The molecular formula is C16H14BrN3O2. The first-order chi connectivity index (χ1) is 10.7. The largest absolute Gasteiger partial charge is 0.497 e. The van der Waals surface area contributed by atoms with E-state index in [2.05, 4.69) is 31.4 Å². The molecule has 0 saturated carbocycles. The first kappa shape index (κ1) is 14.6. The lowest BCUT2D eigenvalue weighted by molar-refractivity contribution is 0.414. The average Bonchev–Trinajstić information content (AvgIpc) is 3.02. The molecule has 5 nitrogen and oxygen atoms in total. The van der Waals surface area contributed by atoms with E-state index in [4.69, 9.17) is 9.15 Å². The molecule has 22 heavy (non-hydrogen) atoms. The molecule has 0 bridgehead atoms. The summed E-state index contributed by atoms with van der Waals surface area (Å²) in [6, 6.07) is 15.4. The summed E-state index contributed by atoms with van der Waals surface area (Å²) in [6.45, 7) is 0.466. The molecule has 0 aliphatic rings. The fourth-order valence-corrected chi connectivity index (χ4v) is 2.37. The highest BCUT2D eigenvalue weighted by atomic mass is 79.9. The highest BCUT2D eigenvalue weighted by molar-refractivity contribution is 9.10. The van der Waals surface area contributed by atoms with Gasteiger partial charge in [-0.3, -0.25) is 0 Å². The number of ether oxygens (including phenoxy) is 1. The Hall–Kier alpha value is -2.34. The molecule has 6 heteroatoms. The van der Waals surface area contributed by atoms with Crippen molar-refractivity contribution >= 4 is 21.6 Å². The Morgan fingerprint density at radius 2 is 2.00 bits per heavy atom. The maximum atomic E-state index is 5.67. The van der Waals surface area contributed by atoms with Crippen LogP contribution in [0.3, 0.4) is 0 Å². The molecule has 3 rings (SSSR count). The number of anilines is 1. The summed E-state index contributed by atoms with van der Waals surface area (Å²) in [4.78, 5) is 0. The molecule has 0 unspecified atom stereocenters. The van der Waals surface area contributed by atoms with Crippen molar-refractivity contribution in [3.63, 3.8) is 0 Å². The van der Waals surface area contributed by atoms with Gasteiger partial charge in [-0.25, -0.2) is 0 Å². The Bertz CT molecular complexity index is 773. The van der Waals surface area contributed by atoms with Crippen molar-refractivity contribution in [3.8, 4) is 17.2 Å². The number of hydrogen-bond acceptors (Lipinski definition) is 5. The zero-order chi connectivity index (χ0) is 15.4. The lowest BCUT2D eigenvalue weighted by Gasteiger charge is -2.03. The van der Waals surface area contributed by atoms with Crippen molar-refractivity contribution in [1.29, 1.82) is 0 Å². The Labute approximate surface area is 136 Å². The van der Waals surface area contributed by atoms with Gasteiger partial charge in [0.05, 0.1) is 13.7 Å². The van der Waals surface area contributed by atoms with Gasteiger partial charge in [0.25, 0.3) is 0 Å². The third-order valence-electron chi connectivity index (χ3n) is 3.05. The van der Waals surface area contributed by atoms with Crippen molar-refractivity contribution in [1.82, 2.24) is 10.2 Å². The average molecular weight is 360 g/mol. The molecule has 1 aromatic heterocycles. The molecule has 3 aromatic rings. The van der Waals surface area contributed by atoms with Crippen molar-refractivity contribution in [2.24, 2.45) is 0 Å². The minimum atomic E-state index is 0.466. The molecule has 0 atom stereocenters. The van der Waals surface area contributed by atoms with Crippen LogP contribution in [0.25, 0.3) is 11.5 Å². The molecule has 0 radical (unpaired) electrons. The molecular weight excluding hydrogens is 346 g/mol. The van der Waals surface area contributed by atoms with Gasteiger partial charge in [0.15, 0.2) is 0 Å². The van der Waals surface area contributed by atoms with Crippen LogP contribution in [0, 0.1) is 0 Å². The van der Waals surface area contributed by atoms with E-state index in [-0.39, 0.29) is 0 Å². The normalized spacial score (nSPS) is 10.5. The number of hydrogen-bond donors (Lipinski definition) is 1. The van der Waals surface area contributed by atoms with Crippen molar-refractivity contribution < 1.29 is 9.15 Å². The molecule has 1 heterocycles. The van der Waals surface area contributed by atoms with Crippen molar-refractivity contribution in [2.45, 2.75) is 6.54 Å². The monoisotopic (exact) mass is 359 g/mol. The van der Waals surface area contributed by atoms with E-state index in [9.17, 15) is 0 Å². The van der Waals surface area contributed by atoms with Crippen molar-refractivity contribution in [3.05, 3.63) is 58.9 Å². The number of rotatable bonds is 5. The second-order valence-corrected chi connectivity index (χ2v) is 5.51. The van der Waals surface area contributed by atoms with Gasteiger partial charge in [-0.05, 0) is 36.4 Å². The summed E-state index contributed by atoms with van der Waals surface area (Å²) in [5.74, 6) is 1.76. The number of methoxy groups -OCH3 is 1. The van der Waals surface area contributed by atoms with Crippen LogP contribution in [0.5, 0.6) is 5.75 Å². The minimum absolute atomic E-state index is 0.466. The summed E-state index contributed by atoms with van der Waals surface area (Å²) in [5, 5.41) is 11.4. The molecule has 0 fully saturated rings. The second-order valence-electron chi connectivity index (χ2n) is 4.60. The van der Waals surface area contributed by atoms with Crippen LogP contribution in [0.4, 0.5) is 5.69 Å². The Morgan fingerprint density at radius 3 is 2.82 bits per heavy atom. The van der Waals surface area contributed by atoms with Gasteiger partial charge in [0, 0.05) is 15.7 Å². The molecule has 0 amide bonds. The summed E-state index contributed by atoms with van der Waals surface area (Å²) in [5.41, 5.74) is 1.82. The maximum absolute atomic E-state index is 5.67. The van der Waals surface area contributed by atoms with Crippen LogP contribution < -0.4 is 10.1 Å². The van der Waals surface area contributed by atoms with Gasteiger partial charge in [-0.15, -0.1) is 10.2 Å². The molecule has 0 aliphatic heterocycles. The number of nitrogens with zero attached hydrogens (tertiary/aromatic N) is 2. The predicted octanol–water partition coefficient (Wildman–Crippen LogP) is 4.12. The minimum Gasteiger partial charge on any atom is -0.497 e. The highest BCUT2D eigenvalue weighted by Gasteiger charge is 2.09. The van der Waals surface area contributed by atoms with Gasteiger partial charge in [-0.2, -0.15) is 0 Å². The lowest BCUT2D eigenvalue weighted by Crippen LogP contribution is -1.99. The molecule has 1 N–H and O–H groups in total. The van der Waals surface area contributed by atoms with Gasteiger partial charge >= 0.3 is 0 Å². The quantitative estimate of drug-likeness (QED) is 0.742. The first-order valence-electron chi connectivity index (χ1n) is 6.71. The van der Waals surface area contributed by atoms with Crippen LogP contribution in [0.1, 0.15) is 5.89 Å². The zero-order valence-electron chi connectivity index (χ0n) is 11.9. The van der Waals surface area contributed by atoms with E-state index in [0.717, 1.165) is 21.5 Å². The van der Waals surface area contributed by atoms with Crippen molar-refractivity contribution in [2.75, 3.05) is 12.4 Å². The van der Waals surface area contributed by atoms with Crippen LogP contribution in [0.2, 0.25) is 0 Å². The van der Waals surface area contributed by atoms with Crippen LogP contribution in [-0.2, 0) is 6.54 Å². The third kappa shape index (κ3) is 3.46. The van der Waals surface area contributed by atoms with Gasteiger partial charge < -0.3 is 14.5 Å². The number of nitrogens with one attached hydrogen (secondary N) is 1. The fraction of sp³-hybridized carbons (Fsp3) is 0.125. The van der Waals surface area contributed by atoms with E-state index in [0.29, 0.717) is 18.3 Å². The molecule has 0 spiro atoms. The van der Waals surface area contributed by atoms with E-state index in [1.807, 2.05) is 48.5 Å². The topological polar surface area (TPSA) is 60.2 Å². The predicted molar refractivity (Wildman–Crippen MR) is 87.8 cm³/mol. The highest BCUT2D eigenvalue weighted by Crippen LogP contribution is 2.23. The van der Waals surface area contributed by atoms with E-state index in [1.54, 1.807) is 7.11 Å². The molecule has 0 aliphatic carbocycles. The van der Waals surface area contributed by atoms with E-state index < -0.39 is 0 Å². The molecule has 112 valence electrons. The van der Waals surface area contributed by atoms with Gasteiger partial charge in [-0.1, -0.05) is 28.1 Å². The van der Waals surface area contributed by atoms with Crippen LogP contribution in [0.15, 0.2) is 57.4 Å². The Balaban J connectivity index is 1.71. The standard InChI is InChI=1S/C16H14BrN3O2/c1-21-14-7-2-4-11(8-14)16-20-19-15(22-16)10-18-13-6-3-5-12(17)9-13/h2-9,18H,10H2,1H3. The second kappa shape index (κ2) is 6.62. The first-order valence-corrected chi connectivity index (χ1v) is 7.50. The van der Waals surface area contributed by atoms with Crippen LogP contribution >= 0.6 is 15.9 Å². The summed E-state index contributed by atoms with van der Waals surface area (Å²) in [6.07, 6.45) is 0. The number of benzene rings is 2.